The van der Waals surface area contributed by atoms with Crippen molar-refractivity contribution in [1.29, 1.82) is 0 Å². The molecule has 0 aromatic heterocycles. The van der Waals surface area contributed by atoms with Crippen molar-refractivity contribution >= 4 is 17.7 Å². The lowest BCUT2D eigenvalue weighted by Crippen LogP contribution is -2.27. The van der Waals surface area contributed by atoms with Gasteiger partial charge in [-0.3, -0.25) is 0 Å². The fourth-order valence-corrected chi connectivity index (χ4v) is 1.78. The fourth-order valence-electron chi connectivity index (χ4n) is 0.998. The summed E-state index contributed by atoms with van der Waals surface area (Å²) in [7, 11) is 0. The van der Waals surface area contributed by atoms with Crippen LogP contribution in [0.15, 0.2) is 23.2 Å². The Morgan fingerprint density at radius 2 is 2.06 bits per heavy atom. The topological polar surface area (TPSA) is 90.4 Å². The monoisotopic (exact) mass is 246 g/mol. The molecule has 0 fully saturated rings. The minimum Gasteiger partial charge on any atom is -0.370 e. The Morgan fingerprint density at radius 3 is 2.62 bits per heavy atom. The predicted octanol–water partition coefficient (Wildman–Crippen LogP) is 0.714. The van der Waals surface area contributed by atoms with E-state index in [1.54, 1.807) is 0 Å². The van der Waals surface area contributed by atoms with Gasteiger partial charge in [-0.15, -0.1) is 11.8 Å². The van der Waals surface area contributed by atoms with E-state index in [4.69, 9.17) is 17.2 Å². The Kier molecular flexibility index (Phi) is 4.51. The molecule has 1 unspecified atom stereocenters. The second-order valence-corrected chi connectivity index (χ2v) is 4.10. The van der Waals surface area contributed by atoms with Crippen LogP contribution in [-0.2, 0) is 5.75 Å². The molecule has 0 aliphatic rings. The second kappa shape index (κ2) is 5.66. The minimum absolute atomic E-state index is 0.125. The van der Waals surface area contributed by atoms with Crippen molar-refractivity contribution in [1.82, 2.24) is 0 Å². The molecule has 0 saturated heterocycles. The molecule has 1 atom stereocenters. The van der Waals surface area contributed by atoms with Crippen molar-refractivity contribution in [2.45, 2.75) is 11.3 Å². The molecule has 0 aliphatic heterocycles. The van der Waals surface area contributed by atoms with Gasteiger partial charge in [-0.05, 0) is 11.6 Å². The van der Waals surface area contributed by atoms with Crippen LogP contribution in [0.25, 0.3) is 0 Å². The third kappa shape index (κ3) is 4.03. The molecular formula is C9H12F2N4S. The van der Waals surface area contributed by atoms with Crippen LogP contribution in [0.1, 0.15) is 5.56 Å². The number of guanidine groups is 1. The molecule has 0 aliphatic carbocycles. The Balaban J connectivity index is 2.58. The van der Waals surface area contributed by atoms with Gasteiger partial charge >= 0.3 is 0 Å². The minimum atomic E-state index is -0.658. The zero-order valence-corrected chi connectivity index (χ0v) is 9.18. The van der Waals surface area contributed by atoms with Gasteiger partial charge in [0.05, 0.1) is 0 Å². The maximum atomic E-state index is 13.2. The summed E-state index contributed by atoms with van der Waals surface area (Å²) in [4.78, 5) is 3.66. The standard InChI is InChI=1S/C9H12F2N4S/c10-6-2-1-5(7(11)3-6)4-16-9(14)15-8(12)13/h1-3,9H,4,14H2,(H4,12,13,15). The Morgan fingerprint density at radius 1 is 1.38 bits per heavy atom. The number of halogens is 2. The van der Waals surface area contributed by atoms with Gasteiger partial charge in [0.1, 0.15) is 17.1 Å². The van der Waals surface area contributed by atoms with Crippen LogP contribution in [-0.4, -0.2) is 11.5 Å². The van der Waals surface area contributed by atoms with Crippen molar-refractivity contribution in [2.75, 3.05) is 0 Å². The zero-order chi connectivity index (χ0) is 12.1. The Labute approximate surface area is 95.9 Å². The summed E-state index contributed by atoms with van der Waals surface area (Å²) in [6.07, 6.45) is 0. The zero-order valence-electron chi connectivity index (χ0n) is 8.36. The third-order valence-electron chi connectivity index (χ3n) is 1.70. The van der Waals surface area contributed by atoms with E-state index in [9.17, 15) is 8.78 Å². The molecule has 0 heterocycles. The van der Waals surface area contributed by atoms with E-state index in [0.717, 1.165) is 17.8 Å². The summed E-state index contributed by atoms with van der Waals surface area (Å²) >= 11 is 1.15. The van der Waals surface area contributed by atoms with E-state index in [0.29, 0.717) is 5.56 Å². The van der Waals surface area contributed by atoms with Crippen molar-refractivity contribution in [3.63, 3.8) is 0 Å². The molecular weight excluding hydrogens is 234 g/mol. The predicted molar refractivity (Wildman–Crippen MR) is 61.4 cm³/mol. The van der Waals surface area contributed by atoms with Gasteiger partial charge in [-0.1, -0.05) is 6.07 Å². The van der Waals surface area contributed by atoms with Crippen molar-refractivity contribution in [2.24, 2.45) is 22.2 Å². The SMILES string of the molecule is NC(N)=NC(N)SCc1ccc(F)cc1F. The molecule has 16 heavy (non-hydrogen) atoms. The van der Waals surface area contributed by atoms with E-state index in [-0.39, 0.29) is 11.7 Å². The van der Waals surface area contributed by atoms with Gasteiger partial charge in [0.25, 0.3) is 0 Å². The van der Waals surface area contributed by atoms with Crippen LogP contribution in [0.5, 0.6) is 0 Å². The highest BCUT2D eigenvalue weighted by molar-refractivity contribution is 7.99. The lowest BCUT2D eigenvalue weighted by Gasteiger charge is -2.07. The van der Waals surface area contributed by atoms with E-state index >= 15 is 0 Å². The van der Waals surface area contributed by atoms with Crippen molar-refractivity contribution in [3.8, 4) is 0 Å². The van der Waals surface area contributed by atoms with Crippen molar-refractivity contribution < 1.29 is 8.78 Å². The van der Waals surface area contributed by atoms with Gasteiger partial charge < -0.3 is 17.2 Å². The molecule has 4 nitrogen and oxygen atoms in total. The molecule has 0 bridgehead atoms. The highest BCUT2D eigenvalue weighted by Gasteiger charge is 2.06. The molecule has 1 aromatic rings. The van der Waals surface area contributed by atoms with Gasteiger partial charge in [-0.2, -0.15) is 0 Å². The molecule has 1 rings (SSSR count). The highest BCUT2D eigenvalue weighted by atomic mass is 32.2. The molecule has 7 heteroatoms. The lowest BCUT2D eigenvalue weighted by atomic mass is 10.2. The second-order valence-electron chi connectivity index (χ2n) is 2.99. The molecule has 1 aromatic carbocycles. The van der Waals surface area contributed by atoms with E-state index in [2.05, 4.69) is 4.99 Å². The average Bonchev–Trinajstić information content (AvgIpc) is 2.15. The third-order valence-corrected chi connectivity index (χ3v) is 2.63. The first-order valence-electron chi connectivity index (χ1n) is 4.39. The van der Waals surface area contributed by atoms with Gasteiger partial charge in [-0.25, -0.2) is 13.8 Å². The van der Waals surface area contributed by atoms with Crippen LogP contribution >= 0.6 is 11.8 Å². The number of nitrogens with zero attached hydrogens (tertiary/aromatic N) is 1. The number of rotatable bonds is 4. The number of hydrogen-bond donors (Lipinski definition) is 3. The summed E-state index contributed by atoms with van der Waals surface area (Å²) in [5.74, 6) is -1.08. The normalized spacial score (nSPS) is 12.2. The molecule has 0 radical (unpaired) electrons. The highest BCUT2D eigenvalue weighted by Crippen LogP contribution is 2.18. The first-order chi connectivity index (χ1) is 7.49. The number of aliphatic imine (C=N–C) groups is 1. The Hall–Kier alpha value is -1.34. The largest absolute Gasteiger partial charge is 0.370 e. The average molecular weight is 246 g/mol. The van der Waals surface area contributed by atoms with Crippen LogP contribution in [0.3, 0.4) is 0 Å². The number of hydrogen-bond acceptors (Lipinski definition) is 3. The number of thioether (sulfide) groups is 1. The molecule has 0 saturated carbocycles. The van der Waals surface area contributed by atoms with E-state index < -0.39 is 17.1 Å². The van der Waals surface area contributed by atoms with Gasteiger partial charge in [0, 0.05) is 11.8 Å². The summed E-state index contributed by atoms with van der Waals surface area (Å²) in [6, 6.07) is 3.37. The maximum Gasteiger partial charge on any atom is 0.188 e. The lowest BCUT2D eigenvalue weighted by molar-refractivity contribution is 0.576. The van der Waals surface area contributed by atoms with Crippen molar-refractivity contribution in [3.05, 3.63) is 35.4 Å². The summed E-state index contributed by atoms with van der Waals surface area (Å²) in [6.45, 7) is 0. The van der Waals surface area contributed by atoms with E-state index in [1.165, 1.54) is 12.1 Å². The maximum absolute atomic E-state index is 13.2. The van der Waals surface area contributed by atoms with Crippen LogP contribution < -0.4 is 17.2 Å². The van der Waals surface area contributed by atoms with Gasteiger partial charge in [0.2, 0.25) is 0 Å². The summed E-state index contributed by atoms with van der Waals surface area (Å²) < 4.78 is 25.8. The number of benzene rings is 1. The quantitative estimate of drug-likeness (QED) is 0.414. The summed E-state index contributed by atoms with van der Waals surface area (Å²) in [5, 5.41) is 0. The molecule has 0 spiro atoms. The molecule has 0 amide bonds. The summed E-state index contributed by atoms with van der Waals surface area (Å²) in [5.41, 5.74) is 15.5. The first-order valence-corrected chi connectivity index (χ1v) is 5.44. The number of nitrogens with two attached hydrogens (primary N) is 3. The van der Waals surface area contributed by atoms with Gasteiger partial charge in [0.15, 0.2) is 5.96 Å². The van der Waals surface area contributed by atoms with E-state index in [1.807, 2.05) is 0 Å². The smallest absolute Gasteiger partial charge is 0.188 e. The molecule has 88 valence electrons. The first kappa shape index (κ1) is 12.7. The van der Waals surface area contributed by atoms with Crippen LogP contribution in [0, 0.1) is 11.6 Å². The molecule has 6 N–H and O–H groups in total. The van der Waals surface area contributed by atoms with Crippen LogP contribution in [0.2, 0.25) is 0 Å². The van der Waals surface area contributed by atoms with Crippen LogP contribution in [0.4, 0.5) is 8.78 Å². The Bertz CT molecular complexity index is 393. The fraction of sp³-hybridized carbons (Fsp3) is 0.222.